The van der Waals surface area contributed by atoms with Crippen molar-refractivity contribution in [1.29, 1.82) is 0 Å². The second-order valence-corrected chi connectivity index (χ2v) is 5.69. The van der Waals surface area contributed by atoms with Crippen molar-refractivity contribution in [2.75, 3.05) is 0 Å². The van der Waals surface area contributed by atoms with Crippen LogP contribution in [0.4, 0.5) is 0 Å². The monoisotopic (exact) mass is 300 g/mol. The van der Waals surface area contributed by atoms with E-state index in [9.17, 15) is 0 Å². The molecule has 1 aromatic heterocycles. The van der Waals surface area contributed by atoms with Gasteiger partial charge >= 0.3 is 0 Å². The summed E-state index contributed by atoms with van der Waals surface area (Å²) in [6.07, 6.45) is 0. The highest BCUT2D eigenvalue weighted by atomic mass is 35.5. The van der Waals surface area contributed by atoms with Gasteiger partial charge in [-0.1, -0.05) is 48.0 Å². The van der Waals surface area contributed by atoms with Crippen LogP contribution < -0.4 is 5.73 Å². The summed E-state index contributed by atoms with van der Waals surface area (Å²) in [5.41, 5.74) is 9.80. The normalized spacial score (nSPS) is 10.7. The van der Waals surface area contributed by atoms with Crippen LogP contribution in [-0.4, -0.2) is 4.98 Å². The molecular formula is C16H13ClN2S. The van der Waals surface area contributed by atoms with Crippen molar-refractivity contribution >= 4 is 22.9 Å². The number of aromatic nitrogens is 1. The summed E-state index contributed by atoms with van der Waals surface area (Å²) in [5, 5.41) is 3.71. The molecule has 0 bridgehead atoms. The summed E-state index contributed by atoms with van der Waals surface area (Å²) < 4.78 is 0. The molecule has 0 radical (unpaired) electrons. The van der Waals surface area contributed by atoms with Gasteiger partial charge in [0.1, 0.15) is 5.01 Å². The van der Waals surface area contributed by atoms with Gasteiger partial charge < -0.3 is 5.73 Å². The first-order chi connectivity index (χ1) is 9.78. The molecule has 4 heteroatoms. The van der Waals surface area contributed by atoms with E-state index in [1.165, 1.54) is 0 Å². The number of nitrogens with zero attached hydrogens (tertiary/aromatic N) is 1. The second-order valence-electron chi connectivity index (χ2n) is 4.42. The number of thiazole rings is 1. The molecule has 2 aromatic carbocycles. The van der Waals surface area contributed by atoms with Crippen LogP contribution in [0, 0.1) is 0 Å². The van der Waals surface area contributed by atoms with Gasteiger partial charge in [-0.15, -0.1) is 11.3 Å². The molecule has 100 valence electrons. The van der Waals surface area contributed by atoms with Crippen molar-refractivity contribution in [1.82, 2.24) is 4.98 Å². The standard InChI is InChI=1S/C16H13ClN2S/c17-14-7-2-1-6-13(14)16-19-15(10-20-16)12-5-3-4-11(8-12)9-18/h1-8,10H,9,18H2. The Labute approximate surface area is 126 Å². The molecule has 0 atom stereocenters. The van der Waals surface area contributed by atoms with Gasteiger partial charge in [0.2, 0.25) is 0 Å². The predicted molar refractivity (Wildman–Crippen MR) is 85.9 cm³/mol. The Balaban J connectivity index is 2.00. The lowest BCUT2D eigenvalue weighted by Crippen LogP contribution is -1.95. The Morgan fingerprint density at radius 3 is 2.75 bits per heavy atom. The summed E-state index contributed by atoms with van der Waals surface area (Å²) in [6.45, 7) is 0.537. The average Bonchev–Trinajstić information content (AvgIpc) is 2.97. The molecule has 0 unspecified atom stereocenters. The first kappa shape index (κ1) is 13.3. The van der Waals surface area contributed by atoms with Crippen LogP contribution >= 0.6 is 22.9 Å². The van der Waals surface area contributed by atoms with Crippen molar-refractivity contribution in [3.8, 4) is 21.8 Å². The Bertz CT molecular complexity index is 737. The zero-order chi connectivity index (χ0) is 13.9. The van der Waals surface area contributed by atoms with E-state index in [2.05, 4.69) is 11.1 Å². The minimum Gasteiger partial charge on any atom is -0.326 e. The summed E-state index contributed by atoms with van der Waals surface area (Å²) in [5.74, 6) is 0. The molecule has 20 heavy (non-hydrogen) atoms. The van der Waals surface area contributed by atoms with Crippen molar-refractivity contribution < 1.29 is 0 Å². The van der Waals surface area contributed by atoms with Gasteiger partial charge in [-0.3, -0.25) is 0 Å². The van der Waals surface area contributed by atoms with E-state index in [4.69, 9.17) is 17.3 Å². The smallest absolute Gasteiger partial charge is 0.125 e. The highest BCUT2D eigenvalue weighted by molar-refractivity contribution is 7.13. The van der Waals surface area contributed by atoms with Crippen LogP contribution in [0.3, 0.4) is 0 Å². The van der Waals surface area contributed by atoms with Crippen molar-refractivity contribution in [2.24, 2.45) is 5.73 Å². The average molecular weight is 301 g/mol. The molecule has 1 heterocycles. The highest BCUT2D eigenvalue weighted by Gasteiger charge is 2.09. The lowest BCUT2D eigenvalue weighted by atomic mass is 10.1. The Morgan fingerprint density at radius 1 is 1.10 bits per heavy atom. The molecule has 0 aliphatic rings. The van der Waals surface area contributed by atoms with Gasteiger partial charge in [-0.05, 0) is 17.7 Å². The van der Waals surface area contributed by atoms with E-state index in [0.717, 1.165) is 32.4 Å². The van der Waals surface area contributed by atoms with Crippen LogP contribution in [0.25, 0.3) is 21.8 Å². The minimum absolute atomic E-state index is 0.537. The van der Waals surface area contributed by atoms with Crippen LogP contribution in [0.1, 0.15) is 5.56 Å². The topological polar surface area (TPSA) is 38.9 Å². The summed E-state index contributed by atoms with van der Waals surface area (Å²) in [4.78, 5) is 4.68. The predicted octanol–water partition coefficient (Wildman–Crippen LogP) is 4.59. The fraction of sp³-hybridized carbons (Fsp3) is 0.0625. The van der Waals surface area contributed by atoms with Gasteiger partial charge in [-0.2, -0.15) is 0 Å². The molecule has 0 fully saturated rings. The van der Waals surface area contributed by atoms with Crippen molar-refractivity contribution in [3.05, 3.63) is 64.5 Å². The molecule has 0 saturated heterocycles. The molecule has 3 rings (SSSR count). The van der Waals surface area contributed by atoms with Gasteiger partial charge in [0.25, 0.3) is 0 Å². The van der Waals surface area contributed by atoms with E-state index in [1.807, 2.05) is 47.8 Å². The third kappa shape index (κ3) is 2.61. The molecule has 0 aliphatic carbocycles. The van der Waals surface area contributed by atoms with Crippen LogP contribution in [0.2, 0.25) is 5.02 Å². The molecular weight excluding hydrogens is 288 g/mol. The fourth-order valence-electron chi connectivity index (χ4n) is 2.02. The fourth-order valence-corrected chi connectivity index (χ4v) is 3.17. The van der Waals surface area contributed by atoms with E-state index >= 15 is 0 Å². The third-order valence-corrected chi connectivity index (χ3v) is 4.27. The number of hydrogen-bond donors (Lipinski definition) is 1. The van der Waals surface area contributed by atoms with Crippen molar-refractivity contribution in [3.63, 3.8) is 0 Å². The largest absolute Gasteiger partial charge is 0.326 e. The number of hydrogen-bond acceptors (Lipinski definition) is 3. The summed E-state index contributed by atoms with van der Waals surface area (Å²) in [6, 6.07) is 15.9. The SMILES string of the molecule is NCc1cccc(-c2csc(-c3ccccc3Cl)n2)c1. The van der Waals surface area contributed by atoms with E-state index in [0.29, 0.717) is 6.54 Å². The molecule has 2 N–H and O–H groups in total. The summed E-state index contributed by atoms with van der Waals surface area (Å²) in [7, 11) is 0. The third-order valence-electron chi connectivity index (χ3n) is 3.07. The first-order valence-corrected chi connectivity index (χ1v) is 7.53. The van der Waals surface area contributed by atoms with Crippen molar-refractivity contribution in [2.45, 2.75) is 6.54 Å². The Kier molecular flexibility index (Phi) is 3.83. The van der Waals surface area contributed by atoms with Gasteiger partial charge in [0.05, 0.1) is 10.7 Å². The van der Waals surface area contributed by atoms with Gasteiger partial charge in [-0.25, -0.2) is 4.98 Å². The maximum absolute atomic E-state index is 6.21. The zero-order valence-electron chi connectivity index (χ0n) is 10.7. The number of halogens is 1. The maximum atomic E-state index is 6.21. The zero-order valence-corrected chi connectivity index (χ0v) is 12.3. The molecule has 0 saturated carbocycles. The maximum Gasteiger partial charge on any atom is 0.125 e. The van der Waals surface area contributed by atoms with Crippen LogP contribution in [0.15, 0.2) is 53.9 Å². The highest BCUT2D eigenvalue weighted by Crippen LogP contribution is 2.33. The van der Waals surface area contributed by atoms with Gasteiger partial charge in [0.15, 0.2) is 0 Å². The molecule has 3 aromatic rings. The summed E-state index contributed by atoms with van der Waals surface area (Å²) >= 11 is 7.81. The van der Waals surface area contributed by atoms with Crippen LogP contribution in [0.5, 0.6) is 0 Å². The van der Waals surface area contributed by atoms with E-state index in [1.54, 1.807) is 11.3 Å². The number of nitrogens with two attached hydrogens (primary N) is 1. The minimum atomic E-state index is 0.537. The lowest BCUT2D eigenvalue weighted by molar-refractivity contribution is 1.07. The molecule has 2 nitrogen and oxygen atoms in total. The Hall–Kier alpha value is -1.68. The number of benzene rings is 2. The quantitative estimate of drug-likeness (QED) is 0.768. The first-order valence-electron chi connectivity index (χ1n) is 6.28. The lowest BCUT2D eigenvalue weighted by Gasteiger charge is -2.01. The van der Waals surface area contributed by atoms with Crippen LogP contribution in [-0.2, 0) is 6.54 Å². The molecule has 0 aliphatic heterocycles. The van der Waals surface area contributed by atoms with Gasteiger partial charge in [0, 0.05) is 23.1 Å². The molecule has 0 amide bonds. The Morgan fingerprint density at radius 2 is 1.95 bits per heavy atom. The second kappa shape index (κ2) is 5.75. The van der Waals surface area contributed by atoms with E-state index < -0.39 is 0 Å². The number of rotatable bonds is 3. The van der Waals surface area contributed by atoms with E-state index in [-0.39, 0.29) is 0 Å². The molecule has 0 spiro atoms.